The molecule has 2 N–H and O–H groups in total. The highest BCUT2D eigenvalue weighted by Gasteiger charge is 2.41. The van der Waals surface area contributed by atoms with Crippen molar-refractivity contribution in [3.05, 3.63) is 78.4 Å². The zero-order valence-electron chi connectivity index (χ0n) is 19.5. The number of amides is 1. The van der Waals surface area contributed by atoms with Crippen LogP contribution in [0, 0.1) is 0 Å². The quantitative estimate of drug-likeness (QED) is 0.494. The van der Waals surface area contributed by atoms with Gasteiger partial charge in [0, 0.05) is 5.69 Å². The Hall–Kier alpha value is -3.16. The second-order valence-electron chi connectivity index (χ2n) is 8.64. The number of anilines is 1. The third-order valence-corrected chi connectivity index (χ3v) is 8.10. The fourth-order valence-electron chi connectivity index (χ4n) is 4.68. The van der Waals surface area contributed by atoms with Gasteiger partial charge in [0.15, 0.2) is 0 Å². The normalized spacial score (nSPS) is 15.5. The molecule has 6 nitrogen and oxygen atoms in total. The van der Waals surface area contributed by atoms with Gasteiger partial charge in [-0.15, -0.1) is 0 Å². The van der Waals surface area contributed by atoms with Crippen LogP contribution in [0.1, 0.15) is 37.7 Å². The van der Waals surface area contributed by atoms with Gasteiger partial charge in [-0.05, 0) is 73.0 Å². The van der Waals surface area contributed by atoms with Gasteiger partial charge in [0.1, 0.15) is 5.75 Å². The van der Waals surface area contributed by atoms with Crippen LogP contribution < -0.4 is 14.8 Å². The molecule has 1 saturated carbocycles. The highest BCUT2D eigenvalue weighted by molar-refractivity contribution is 7.89. The number of sulfonamides is 1. The molecule has 0 unspecified atom stereocenters. The van der Waals surface area contributed by atoms with Gasteiger partial charge in [0.2, 0.25) is 15.9 Å². The van der Waals surface area contributed by atoms with Gasteiger partial charge < -0.3 is 10.1 Å². The number of methoxy groups -OCH3 is 1. The van der Waals surface area contributed by atoms with Gasteiger partial charge in [0.05, 0.1) is 17.4 Å². The van der Waals surface area contributed by atoms with E-state index in [-0.39, 0.29) is 10.8 Å². The zero-order valence-corrected chi connectivity index (χ0v) is 20.3. The third kappa shape index (κ3) is 4.86. The van der Waals surface area contributed by atoms with E-state index in [0.717, 1.165) is 54.5 Å². The summed E-state index contributed by atoms with van der Waals surface area (Å²) >= 11 is 0. The Labute approximate surface area is 201 Å². The number of carbonyl (C=O) groups excluding carboxylic acids is 1. The second kappa shape index (κ2) is 9.99. The standard InChI is InChI=1S/C27H30N2O4S/c1-28-34(31,32)25-15-9-20(10-16-25)21-7-6-8-23(19-21)29-26(30)27(17-4-3-5-18-27)22-11-13-24(33-2)14-12-22/h6-16,19,28H,3-5,17-18H2,1-2H3,(H,29,30). The highest BCUT2D eigenvalue weighted by Crippen LogP contribution is 2.41. The molecule has 0 bridgehead atoms. The fourth-order valence-corrected chi connectivity index (χ4v) is 5.41. The lowest BCUT2D eigenvalue weighted by atomic mass is 9.68. The van der Waals surface area contributed by atoms with E-state index in [4.69, 9.17) is 4.74 Å². The van der Waals surface area contributed by atoms with Gasteiger partial charge in [-0.3, -0.25) is 4.79 Å². The summed E-state index contributed by atoms with van der Waals surface area (Å²) in [6.07, 6.45) is 4.79. The number of rotatable bonds is 7. The lowest BCUT2D eigenvalue weighted by Gasteiger charge is -2.36. The van der Waals surface area contributed by atoms with Crippen molar-refractivity contribution in [3.8, 4) is 16.9 Å². The largest absolute Gasteiger partial charge is 0.497 e. The summed E-state index contributed by atoms with van der Waals surface area (Å²) in [5, 5.41) is 3.16. The van der Waals surface area contributed by atoms with Crippen molar-refractivity contribution < 1.29 is 17.9 Å². The molecule has 1 amide bonds. The van der Waals surface area contributed by atoms with Crippen LogP contribution >= 0.6 is 0 Å². The average molecular weight is 479 g/mol. The Morgan fingerprint density at radius 3 is 2.18 bits per heavy atom. The molecule has 1 aliphatic carbocycles. The molecule has 178 valence electrons. The second-order valence-corrected chi connectivity index (χ2v) is 10.5. The minimum absolute atomic E-state index is 0.00461. The number of hydrogen-bond donors (Lipinski definition) is 2. The zero-order chi connectivity index (χ0) is 24.2. The van der Waals surface area contributed by atoms with Gasteiger partial charge in [0.25, 0.3) is 0 Å². The van der Waals surface area contributed by atoms with E-state index in [1.807, 2.05) is 48.5 Å². The molecule has 3 aromatic carbocycles. The first-order chi connectivity index (χ1) is 16.4. The number of carbonyl (C=O) groups is 1. The van der Waals surface area contributed by atoms with Crippen molar-refractivity contribution in [2.24, 2.45) is 0 Å². The summed E-state index contributed by atoms with van der Waals surface area (Å²) in [4.78, 5) is 13.9. The maximum Gasteiger partial charge on any atom is 0.240 e. The van der Waals surface area contributed by atoms with Crippen molar-refractivity contribution >= 4 is 21.6 Å². The minimum Gasteiger partial charge on any atom is -0.497 e. The first-order valence-electron chi connectivity index (χ1n) is 11.5. The van der Waals surface area contributed by atoms with Crippen LogP contribution in [0.2, 0.25) is 0 Å². The Balaban J connectivity index is 1.59. The van der Waals surface area contributed by atoms with E-state index < -0.39 is 15.4 Å². The number of benzene rings is 3. The van der Waals surface area contributed by atoms with E-state index in [9.17, 15) is 13.2 Å². The average Bonchev–Trinajstić information content (AvgIpc) is 2.89. The molecule has 0 spiro atoms. The smallest absolute Gasteiger partial charge is 0.240 e. The summed E-state index contributed by atoms with van der Waals surface area (Å²) in [7, 11) is -0.460. The molecule has 0 atom stereocenters. The Kier molecular flexibility index (Phi) is 7.05. The van der Waals surface area contributed by atoms with Gasteiger partial charge in [-0.1, -0.05) is 55.7 Å². The van der Waals surface area contributed by atoms with Crippen molar-refractivity contribution in [2.45, 2.75) is 42.4 Å². The molecular formula is C27H30N2O4S. The topological polar surface area (TPSA) is 84.5 Å². The molecule has 1 aliphatic rings. The van der Waals surface area contributed by atoms with Crippen LogP contribution in [0.25, 0.3) is 11.1 Å². The van der Waals surface area contributed by atoms with Gasteiger partial charge in [-0.25, -0.2) is 13.1 Å². The first kappa shape index (κ1) is 24.0. The summed E-state index contributed by atoms with van der Waals surface area (Å²) in [6.45, 7) is 0. The lowest BCUT2D eigenvalue weighted by molar-refractivity contribution is -0.122. The van der Waals surface area contributed by atoms with Crippen LogP contribution in [-0.4, -0.2) is 28.5 Å². The van der Waals surface area contributed by atoms with E-state index in [1.54, 1.807) is 31.4 Å². The third-order valence-electron chi connectivity index (χ3n) is 6.67. The molecule has 3 aromatic rings. The maximum absolute atomic E-state index is 13.7. The molecule has 0 radical (unpaired) electrons. The number of ether oxygens (including phenoxy) is 1. The van der Waals surface area contributed by atoms with Crippen LogP contribution in [0.4, 0.5) is 5.69 Å². The lowest BCUT2D eigenvalue weighted by Crippen LogP contribution is -2.42. The molecule has 0 aromatic heterocycles. The SMILES string of the molecule is CNS(=O)(=O)c1ccc(-c2cccc(NC(=O)C3(c4ccc(OC)cc4)CCCCC3)c2)cc1. The monoisotopic (exact) mass is 478 g/mol. The van der Waals surface area contributed by atoms with Crippen molar-refractivity contribution in [3.63, 3.8) is 0 Å². The molecule has 0 heterocycles. The van der Waals surface area contributed by atoms with E-state index in [1.165, 1.54) is 7.05 Å². The Morgan fingerprint density at radius 2 is 1.56 bits per heavy atom. The molecular weight excluding hydrogens is 448 g/mol. The molecule has 7 heteroatoms. The molecule has 4 rings (SSSR count). The fraction of sp³-hybridized carbons (Fsp3) is 0.296. The van der Waals surface area contributed by atoms with Crippen molar-refractivity contribution in [2.75, 3.05) is 19.5 Å². The predicted octanol–water partition coefficient (Wildman–Crippen LogP) is 5.11. The number of hydrogen-bond acceptors (Lipinski definition) is 4. The summed E-state index contributed by atoms with van der Waals surface area (Å²) < 4.78 is 31.6. The summed E-state index contributed by atoms with van der Waals surface area (Å²) in [6, 6.07) is 22.2. The maximum atomic E-state index is 13.7. The minimum atomic E-state index is -3.49. The summed E-state index contributed by atoms with van der Waals surface area (Å²) in [5.41, 5.74) is 2.93. The molecule has 0 saturated heterocycles. The Morgan fingerprint density at radius 1 is 0.882 bits per heavy atom. The van der Waals surface area contributed by atoms with Crippen molar-refractivity contribution in [1.82, 2.24) is 4.72 Å². The van der Waals surface area contributed by atoms with Crippen LogP contribution in [0.3, 0.4) is 0 Å². The van der Waals surface area contributed by atoms with Gasteiger partial charge >= 0.3 is 0 Å². The first-order valence-corrected chi connectivity index (χ1v) is 13.0. The molecule has 0 aliphatic heterocycles. The molecule has 1 fully saturated rings. The Bertz CT molecular complexity index is 1250. The van der Waals surface area contributed by atoms with Crippen LogP contribution in [0.15, 0.2) is 77.7 Å². The number of nitrogens with one attached hydrogen (secondary N) is 2. The highest BCUT2D eigenvalue weighted by atomic mass is 32.2. The van der Waals surface area contributed by atoms with E-state index in [0.29, 0.717) is 5.69 Å². The van der Waals surface area contributed by atoms with Crippen LogP contribution in [0.5, 0.6) is 5.75 Å². The van der Waals surface area contributed by atoms with Crippen LogP contribution in [-0.2, 0) is 20.2 Å². The predicted molar refractivity (Wildman–Crippen MR) is 135 cm³/mol. The van der Waals surface area contributed by atoms with E-state index >= 15 is 0 Å². The summed E-state index contributed by atoms with van der Waals surface area (Å²) in [5.74, 6) is 0.779. The van der Waals surface area contributed by atoms with Gasteiger partial charge in [-0.2, -0.15) is 0 Å². The van der Waals surface area contributed by atoms with E-state index in [2.05, 4.69) is 10.0 Å². The molecule has 34 heavy (non-hydrogen) atoms. The van der Waals surface area contributed by atoms with Crippen molar-refractivity contribution in [1.29, 1.82) is 0 Å².